The lowest BCUT2D eigenvalue weighted by Crippen LogP contribution is -2.27. The number of rotatable bonds is 3. The van der Waals surface area contributed by atoms with Crippen molar-refractivity contribution in [3.63, 3.8) is 0 Å². The first-order chi connectivity index (χ1) is 11.7. The van der Waals surface area contributed by atoms with E-state index in [1.807, 2.05) is 0 Å². The molecule has 2 rings (SSSR count). The summed E-state index contributed by atoms with van der Waals surface area (Å²) in [7, 11) is 0. The van der Waals surface area contributed by atoms with Crippen molar-refractivity contribution in [2.45, 2.75) is 26.4 Å². The fourth-order valence-electron chi connectivity index (χ4n) is 1.95. The van der Waals surface area contributed by atoms with Gasteiger partial charge in [0.15, 0.2) is 5.82 Å². The van der Waals surface area contributed by atoms with E-state index in [1.54, 1.807) is 32.9 Å². The molecular weight excluding hydrogens is 347 g/mol. The summed E-state index contributed by atoms with van der Waals surface area (Å²) in [6, 6.07) is 10.5. The molecule has 0 atom stereocenters. The molecule has 0 heterocycles. The predicted molar refractivity (Wildman–Crippen MR) is 95.7 cm³/mol. The third-order valence-corrected chi connectivity index (χ3v) is 3.26. The van der Waals surface area contributed by atoms with Gasteiger partial charge in [-0.05, 0) is 51.1 Å². The van der Waals surface area contributed by atoms with Crippen molar-refractivity contribution in [1.82, 2.24) is 0 Å². The van der Waals surface area contributed by atoms with Crippen LogP contribution in [0.4, 0.5) is 20.6 Å². The van der Waals surface area contributed by atoms with E-state index in [2.05, 4.69) is 10.6 Å². The van der Waals surface area contributed by atoms with E-state index in [4.69, 9.17) is 16.3 Å². The molecule has 0 fully saturated rings. The average molecular weight is 365 g/mol. The molecule has 0 spiro atoms. The van der Waals surface area contributed by atoms with E-state index in [0.29, 0.717) is 5.69 Å². The maximum atomic E-state index is 13.9. The molecule has 0 unspecified atom stereocenters. The molecule has 7 heteroatoms. The van der Waals surface area contributed by atoms with Crippen molar-refractivity contribution < 1.29 is 18.7 Å². The number of nitrogens with one attached hydrogen (secondary N) is 2. The zero-order valence-corrected chi connectivity index (χ0v) is 14.8. The van der Waals surface area contributed by atoms with E-state index in [9.17, 15) is 14.0 Å². The Balaban J connectivity index is 2.11. The van der Waals surface area contributed by atoms with Gasteiger partial charge in [0.2, 0.25) is 0 Å². The molecule has 2 aromatic carbocycles. The molecule has 0 aliphatic carbocycles. The Morgan fingerprint density at radius 1 is 1.08 bits per heavy atom. The highest BCUT2D eigenvalue weighted by atomic mass is 35.5. The van der Waals surface area contributed by atoms with Crippen molar-refractivity contribution in [3.8, 4) is 0 Å². The molecule has 0 bridgehead atoms. The summed E-state index contributed by atoms with van der Waals surface area (Å²) in [5, 5.41) is 4.90. The van der Waals surface area contributed by atoms with Gasteiger partial charge < -0.3 is 10.1 Å². The molecular formula is C18H18ClFN2O3. The van der Waals surface area contributed by atoms with E-state index in [1.165, 1.54) is 30.3 Å². The van der Waals surface area contributed by atoms with Crippen LogP contribution in [-0.2, 0) is 4.74 Å². The molecule has 2 N–H and O–H groups in total. The van der Waals surface area contributed by atoms with Gasteiger partial charge in [0.1, 0.15) is 5.60 Å². The molecule has 5 nitrogen and oxygen atoms in total. The Labute approximate surface area is 150 Å². The van der Waals surface area contributed by atoms with Crippen molar-refractivity contribution in [3.05, 3.63) is 58.9 Å². The van der Waals surface area contributed by atoms with Crippen LogP contribution in [-0.4, -0.2) is 17.6 Å². The second-order valence-electron chi connectivity index (χ2n) is 6.26. The number of hydrogen-bond acceptors (Lipinski definition) is 3. The number of hydrogen-bond donors (Lipinski definition) is 2. The fourth-order valence-corrected chi connectivity index (χ4v) is 2.13. The summed E-state index contributed by atoms with van der Waals surface area (Å²) in [5.74, 6) is -1.24. The number of carbonyl (C=O) groups excluding carboxylic acids is 2. The van der Waals surface area contributed by atoms with Gasteiger partial charge in [0.25, 0.3) is 5.91 Å². The highest BCUT2D eigenvalue weighted by Gasteiger charge is 2.17. The molecule has 2 aromatic rings. The second kappa shape index (κ2) is 7.53. The molecule has 132 valence electrons. The zero-order valence-electron chi connectivity index (χ0n) is 14.0. The number of ether oxygens (including phenoxy) is 1. The highest BCUT2D eigenvalue weighted by Crippen LogP contribution is 2.23. The average Bonchev–Trinajstić information content (AvgIpc) is 2.50. The first kappa shape index (κ1) is 18.7. The van der Waals surface area contributed by atoms with Gasteiger partial charge in [-0.3, -0.25) is 10.1 Å². The number of benzene rings is 2. The van der Waals surface area contributed by atoms with Crippen molar-refractivity contribution >= 4 is 35.0 Å². The van der Waals surface area contributed by atoms with Gasteiger partial charge >= 0.3 is 6.09 Å². The number of anilines is 2. The maximum Gasteiger partial charge on any atom is 0.412 e. The topological polar surface area (TPSA) is 67.4 Å². The quantitative estimate of drug-likeness (QED) is 0.798. The lowest BCUT2D eigenvalue weighted by molar-refractivity contribution is 0.0635. The first-order valence-corrected chi connectivity index (χ1v) is 7.89. The summed E-state index contributed by atoms with van der Waals surface area (Å²) >= 11 is 5.69. The smallest absolute Gasteiger partial charge is 0.412 e. The van der Waals surface area contributed by atoms with E-state index < -0.39 is 23.4 Å². The Bertz CT molecular complexity index is 803. The predicted octanol–water partition coefficient (Wildman–Crippen LogP) is 5.08. The minimum absolute atomic E-state index is 0.0250. The summed E-state index contributed by atoms with van der Waals surface area (Å²) < 4.78 is 19.0. The van der Waals surface area contributed by atoms with Gasteiger partial charge in [-0.25, -0.2) is 9.18 Å². The van der Waals surface area contributed by atoms with Gasteiger partial charge in [0, 0.05) is 11.3 Å². The first-order valence-electron chi connectivity index (χ1n) is 7.51. The summed E-state index contributed by atoms with van der Waals surface area (Å²) in [6.45, 7) is 5.24. The van der Waals surface area contributed by atoms with E-state index in [0.717, 1.165) is 0 Å². The van der Waals surface area contributed by atoms with Gasteiger partial charge in [-0.1, -0.05) is 23.7 Å². The molecule has 0 saturated carbocycles. The Kier molecular flexibility index (Phi) is 5.64. The fraction of sp³-hybridized carbons (Fsp3) is 0.222. The monoisotopic (exact) mass is 364 g/mol. The van der Waals surface area contributed by atoms with Crippen molar-refractivity contribution in [1.29, 1.82) is 0 Å². The molecule has 0 aliphatic heterocycles. The Morgan fingerprint density at radius 3 is 2.44 bits per heavy atom. The molecule has 2 amide bonds. The molecule has 25 heavy (non-hydrogen) atoms. The third kappa shape index (κ3) is 5.46. The lowest BCUT2D eigenvalue weighted by Gasteiger charge is -2.19. The minimum Gasteiger partial charge on any atom is -0.444 e. The summed E-state index contributed by atoms with van der Waals surface area (Å²) in [4.78, 5) is 24.1. The van der Waals surface area contributed by atoms with Gasteiger partial charge in [0.05, 0.1) is 10.7 Å². The normalized spacial score (nSPS) is 10.9. The Morgan fingerprint density at radius 2 is 1.76 bits per heavy atom. The molecule has 0 aromatic heterocycles. The number of halogens is 2. The third-order valence-electron chi connectivity index (χ3n) is 2.97. The Hall–Kier alpha value is -2.60. The summed E-state index contributed by atoms with van der Waals surface area (Å²) in [5.41, 5.74) is -0.0344. The molecule has 0 aliphatic rings. The zero-order chi connectivity index (χ0) is 18.6. The van der Waals surface area contributed by atoms with Crippen molar-refractivity contribution in [2.24, 2.45) is 0 Å². The standard InChI is InChI=1S/C18H18ClFN2O3/c1-18(2,3)25-17(24)21-12-7-4-6-11(10-12)16(23)22-14-9-5-8-13(19)15(14)20/h4-10H,1-3H3,(H,21,24)(H,22,23). The van der Waals surface area contributed by atoms with Crippen LogP contribution in [0.2, 0.25) is 5.02 Å². The van der Waals surface area contributed by atoms with E-state index in [-0.39, 0.29) is 16.3 Å². The maximum absolute atomic E-state index is 13.9. The van der Waals surface area contributed by atoms with Crippen LogP contribution >= 0.6 is 11.6 Å². The van der Waals surface area contributed by atoms with Crippen LogP contribution in [0.25, 0.3) is 0 Å². The van der Waals surface area contributed by atoms with Crippen molar-refractivity contribution in [2.75, 3.05) is 10.6 Å². The summed E-state index contributed by atoms with van der Waals surface area (Å²) in [6.07, 6.45) is -0.633. The van der Waals surface area contributed by atoms with Crippen LogP contribution in [0.15, 0.2) is 42.5 Å². The largest absolute Gasteiger partial charge is 0.444 e. The molecule has 0 radical (unpaired) electrons. The van der Waals surface area contributed by atoms with Crippen LogP contribution in [0.5, 0.6) is 0 Å². The van der Waals surface area contributed by atoms with Crippen LogP contribution in [0.3, 0.4) is 0 Å². The van der Waals surface area contributed by atoms with Crippen LogP contribution in [0, 0.1) is 5.82 Å². The van der Waals surface area contributed by atoms with Crippen LogP contribution in [0.1, 0.15) is 31.1 Å². The SMILES string of the molecule is CC(C)(C)OC(=O)Nc1cccc(C(=O)Nc2cccc(Cl)c2F)c1. The number of amides is 2. The van der Waals surface area contributed by atoms with Crippen LogP contribution < -0.4 is 10.6 Å². The lowest BCUT2D eigenvalue weighted by atomic mass is 10.1. The second-order valence-corrected chi connectivity index (χ2v) is 6.67. The van der Waals surface area contributed by atoms with Gasteiger partial charge in [-0.15, -0.1) is 0 Å². The number of carbonyl (C=O) groups is 2. The van der Waals surface area contributed by atoms with E-state index >= 15 is 0 Å². The van der Waals surface area contributed by atoms with Gasteiger partial charge in [-0.2, -0.15) is 0 Å². The highest BCUT2D eigenvalue weighted by molar-refractivity contribution is 6.31. The molecule has 0 saturated heterocycles. The minimum atomic E-state index is -0.708.